The van der Waals surface area contributed by atoms with Crippen LogP contribution in [0.1, 0.15) is 29.9 Å². The van der Waals surface area contributed by atoms with Crippen molar-refractivity contribution in [3.05, 3.63) is 106 Å². The number of anilines is 1. The number of rotatable bonds is 8. The van der Waals surface area contributed by atoms with Gasteiger partial charge in [0.1, 0.15) is 0 Å². The van der Waals surface area contributed by atoms with Gasteiger partial charge in [0.25, 0.3) is 0 Å². The predicted octanol–water partition coefficient (Wildman–Crippen LogP) is 6.73. The van der Waals surface area contributed by atoms with E-state index >= 15 is 0 Å². The minimum Gasteiger partial charge on any atom is -0.454 e. The van der Waals surface area contributed by atoms with Crippen molar-refractivity contribution in [2.45, 2.75) is 25.3 Å². The van der Waals surface area contributed by atoms with Gasteiger partial charge in [-0.05, 0) is 84.4 Å². The topological polar surface area (TPSA) is 86.9 Å². The molecule has 1 atom stereocenters. The molecule has 4 aromatic rings. The van der Waals surface area contributed by atoms with E-state index in [9.17, 15) is 10.0 Å². The number of halogens is 2. The summed E-state index contributed by atoms with van der Waals surface area (Å²) in [5.74, 6) is 2.14. The maximum absolute atomic E-state index is 12.9. The van der Waals surface area contributed by atoms with Gasteiger partial charge in [0.05, 0.1) is 0 Å². The quantitative estimate of drug-likeness (QED) is 0.150. The fraction of sp³-hybridized carbons (Fsp3) is 0.273. The molecule has 3 aromatic carbocycles. The van der Waals surface area contributed by atoms with E-state index in [1.807, 2.05) is 18.2 Å². The first-order valence-corrected chi connectivity index (χ1v) is 15.1. The SMILES string of the molecule is O=C(NCC(c1ccc(-c2cc[n+](O)cc2)cc1)C1CCN(Cc2ccc3c(c2)OCO3)CC1)Nc1cc(Cl)cc(Cl)c1. The molecular weight excluding hydrogens is 587 g/mol. The summed E-state index contributed by atoms with van der Waals surface area (Å²) >= 11 is 12.2. The minimum atomic E-state index is -0.304. The molecule has 0 bridgehead atoms. The average molecular weight is 621 g/mol. The third kappa shape index (κ3) is 7.33. The Kier molecular flexibility index (Phi) is 8.88. The Morgan fingerprint density at radius 1 is 0.907 bits per heavy atom. The smallest absolute Gasteiger partial charge is 0.319 e. The lowest BCUT2D eigenvalue weighted by atomic mass is 9.79. The number of likely N-dealkylation sites (tertiary alicyclic amines) is 1. The first-order valence-electron chi connectivity index (χ1n) is 14.3. The van der Waals surface area contributed by atoms with Crippen molar-refractivity contribution in [1.82, 2.24) is 10.2 Å². The summed E-state index contributed by atoms with van der Waals surface area (Å²) in [7, 11) is 0. The summed E-state index contributed by atoms with van der Waals surface area (Å²) in [5, 5.41) is 16.4. The number of nitrogens with one attached hydrogen (secondary N) is 2. The Balaban J connectivity index is 1.13. The van der Waals surface area contributed by atoms with Crippen LogP contribution in [0, 0.1) is 5.92 Å². The van der Waals surface area contributed by atoms with Crippen molar-refractivity contribution in [2.75, 3.05) is 31.7 Å². The Bertz CT molecular complexity index is 1560. The first kappa shape index (κ1) is 29.1. The zero-order valence-corrected chi connectivity index (χ0v) is 25.0. The molecule has 2 amide bonds. The molecular formula is C33H33Cl2N4O4+. The van der Waals surface area contributed by atoms with Crippen LogP contribution in [0.2, 0.25) is 10.0 Å². The van der Waals surface area contributed by atoms with Crippen LogP contribution in [0.25, 0.3) is 11.1 Å². The molecule has 1 aromatic heterocycles. The maximum atomic E-state index is 12.9. The summed E-state index contributed by atoms with van der Waals surface area (Å²) < 4.78 is 12.0. The zero-order valence-electron chi connectivity index (χ0n) is 23.5. The standard InChI is InChI=1S/C33H32Cl2N4O4/c34-27-16-28(35)18-29(17-27)37-33(40)36-19-30(25-4-2-23(3-5-25)24-9-13-39(41)14-10-24)26-7-11-38(12-8-26)20-22-1-6-31-32(15-22)43-21-42-31/h1-6,9-10,13-18,26,30H,7-8,11-12,19-21H2,(H2-,36,37,40,41)/p+1. The number of carbonyl (C=O) groups is 1. The molecule has 43 heavy (non-hydrogen) atoms. The molecule has 3 N–H and O–H groups in total. The Morgan fingerprint density at radius 2 is 1.58 bits per heavy atom. The van der Waals surface area contributed by atoms with Gasteiger partial charge >= 0.3 is 6.03 Å². The van der Waals surface area contributed by atoms with Crippen molar-refractivity contribution in [1.29, 1.82) is 0 Å². The van der Waals surface area contributed by atoms with Gasteiger partial charge in [0.15, 0.2) is 11.5 Å². The lowest BCUT2D eigenvalue weighted by molar-refractivity contribution is -0.904. The molecule has 1 saturated heterocycles. The highest BCUT2D eigenvalue weighted by molar-refractivity contribution is 6.35. The van der Waals surface area contributed by atoms with Crippen LogP contribution in [0.4, 0.5) is 10.5 Å². The van der Waals surface area contributed by atoms with E-state index in [1.165, 1.54) is 11.1 Å². The largest absolute Gasteiger partial charge is 0.454 e. The number of piperidine rings is 1. The average Bonchev–Trinajstić information content (AvgIpc) is 3.46. The number of benzene rings is 3. The minimum absolute atomic E-state index is 0.130. The highest BCUT2D eigenvalue weighted by Crippen LogP contribution is 2.36. The molecule has 0 radical (unpaired) electrons. The number of carbonyl (C=O) groups excluding carboxylic acids is 1. The number of aromatic nitrogens is 1. The summed E-state index contributed by atoms with van der Waals surface area (Å²) in [4.78, 5) is 15.4. The van der Waals surface area contributed by atoms with Gasteiger partial charge in [-0.2, -0.15) is 0 Å². The zero-order chi connectivity index (χ0) is 29.8. The molecule has 10 heteroatoms. The Hall–Kier alpha value is -3.98. The van der Waals surface area contributed by atoms with Crippen LogP contribution >= 0.6 is 23.2 Å². The molecule has 8 nitrogen and oxygen atoms in total. The lowest BCUT2D eigenvalue weighted by Crippen LogP contribution is -2.39. The number of pyridine rings is 1. The van der Waals surface area contributed by atoms with Crippen LogP contribution in [0.5, 0.6) is 11.5 Å². The number of ether oxygens (including phenoxy) is 2. The Morgan fingerprint density at radius 3 is 2.30 bits per heavy atom. The van der Waals surface area contributed by atoms with Gasteiger partial charge in [0, 0.05) is 51.6 Å². The van der Waals surface area contributed by atoms with E-state index in [-0.39, 0.29) is 18.7 Å². The number of hydrogen-bond donors (Lipinski definition) is 3. The van der Waals surface area contributed by atoms with Gasteiger partial charge in [-0.3, -0.25) is 10.1 Å². The van der Waals surface area contributed by atoms with Gasteiger partial charge < -0.3 is 20.1 Å². The predicted molar refractivity (Wildman–Crippen MR) is 166 cm³/mol. The van der Waals surface area contributed by atoms with Crippen molar-refractivity contribution in [3.8, 4) is 22.6 Å². The summed E-state index contributed by atoms with van der Waals surface area (Å²) in [6, 6.07) is 23.1. The molecule has 3 heterocycles. The fourth-order valence-electron chi connectivity index (χ4n) is 5.91. The van der Waals surface area contributed by atoms with E-state index < -0.39 is 0 Å². The number of hydrogen-bond acceptors (Lipinski definition) is 5. The van der Waals surface area contributed by atoms with Crippen LogP contribution in [0.15, 0.2) is 85.2 Å². The molecule has 0 aliphatic carbocycles. The molecule has 0 spiro atoms. The highest BCUT2D eigenvalue weighted by atomic mass is 35.5. The van der Waals surface area contributed by atoms with Gasteiger partial charge in [-0.25, -0.2) is 4.79 Å². The van der Waals surface area contributed by atoms with E-state index in [4.69, 9.17) is 32.7 Å². The molecule has 6 rings (SSSR count). The molecule has 222 valence electrons. The van der Waals surface area contributed by atoms with Crippen molar-refractivity contribution in [2.24, 2.45) is 5.92 Å². The van der Waals surface area contributed by atoms with Crippen LogP contribution in [-0.4, -0.2) is 42.6 Å². The molecule has 1 unspecified atom stereocenters. The monoisotopic (exact) mass is 619 g/mol. The van der Waals surface area contributed by atoms with Crippen LogP contribution in [-0.2, 0) is 6.54 Å². The number of urea groups is 1. The first-order chi connectivity index (χ1) is 20.9. The van der Waals surface area contributed by atoms with Crippen molar-refractivity contribution >= 4 is 34.9 Å². The van der Waals surface area contributed by atoms with Crippen LogP contribution < -0.4 is 24.8 Å². The van der Waals surface area contributed by atoms with E-state index in [0.29, 0.717) is 28.2 Å². The molecule has 0 saturated carbocycles. The van der Waals surface area contributed by atoms with E-state index in [1.54, 1.807) is 30.6 Å². The fourth-order valence-corrected chi connectivity index (χ4v) is 6.43. The lowest BCUT2D eigenvalue weighted by Gasteiger charge is -2.36. The second-order valence-electron chi connectivity index (χ2n) is 11.0. The van der Waals surface area contributed by atoms with E-state index in [2.05, 4.69) is 51.9 Å². The van der Waals surface area contributed by atoms with Crippen molar-refractivity contribution in [3.63, 3.8) is 0 Å². The molecule has 2 aliphatic rings. The second-order valence-corrected chi connectivity index (χ2v) is 11.9. The van der Waals surface area contributed by atoms with Gasteiger partial charge in [-0.1, -0.05) is 53.5 Å². The molecule has 2 aliphatic heterocycles. The van der Waals surface area contributed by atoms with Gasteiger partial charge in [0.2, 0.25) is 19.2 Å². The number of nitrogens with zero attached hydrogens (tertiary/aromatic N) is 2. The summed E-state index contributed by atoms with van der Waals surface area (Å²) in [6.45, 7) is 3.55. The third-order valence-electron chi connectivity index (χ3n) is 8.13. The van der Waals surface area contributed by atoms with Gasteiger partial charge in [-0.15, -0.1) is 0 Å². The number of amides is 2. The second kappa shape index (κ2) is 13.1. The number of fused-ring (bicyclic) bond motifs is 1. The Labute approximate surface area is 260 Å². The van der Waals surface area contributed by atoms with E-state index in [0.717, 1.165) is 59.8 Å². The van der Waals surface area contributed by atoms with Crippen molar-refractivity contribution < 1.29 is 24.2 Å². The summed E-state index contributed by atoms with van der Waals surface area (Å²) in [6.07, 6.45) is 5.25. The normalized spacial score (nSPS) is 15.7. The van der Waals surface area contributed by atoms with Crippen LogP contribution in [0.3, 0.4) is 0 Å². The third-order valence-corrected chi connectivity index (χ3v) is 8.57. The summed E-state index contributed by atoms with van der Waals surface area (Å²) in [5.41, 5.74) is 5.01. The maximum Gasteiger partial charge on any atom is 0.319 e. The highest BCUT2D eigenvalue weighted by Gasteiger charge is 2.28. The molecule has 1 fully saturated rings.